The molecular formula is C54H33F3N2. The maximum atomic E-state index is 13.5. The normalized spacial score (nSPS) is 12.0. The second kappa shape index (κ2) is 13.6. The zero-order valence-electron chi connectivity index (χ0n) is 31.6. The third-order valence-electron chi connectivity index (χ3n) is 11.6. The first-order valence-corrected chi connectivity index (χ1v) is 19.6. The van der Waals surface area contributed by atoms with Crippen LogP contribution in [0.3, 0.4) is 0 Å². The molecule has 0 amide bonds. The van der Waals surface area contributed by atoms with E-state index in [9.17, 15) is 13.2 Å². The maximum absolute atomic E-state index is 13.5. The molecule has 11 aromatic rings. The molecule has 9 aromatic carbocycles. The van der Waals surface area contributed by atoms with Crippen molar-refractivity contribution in [3.05, 3.63) is 206 Å². The number of nitrogens with zero attached hydrogens (tertiary/aromatic N) is 2. The Kier molecular flexibility index (Phi) is 7.99. The molecule has 0 radical (unpaired) electrons. The van der Waals surface area contributed by atoms with Gasteiger partial charge >= 0.3 is 6.18 Å². The molecule has 0 bridgehead atoms. The minimum Gasteiger partial charge on any atom is -0.309 e. The van der Waals surface area contributed by atoms with Crippen LogP contribution in [0.4, 0.5) is 13.2 Å². The van der Waals surface area contributed by atoms with E-state index < -0.39 is 11.7 Å². The van der Waals surface area contributed by atoms with Crippen LogP contribution in [0.15, 0.2) is 200 Å². The zero-order chi connectivity index (χ0) is 39.7. The van der Waals surface area contributed by atoms with Gasteiger partial charge in [-0.2, -0.15) is 13.2 Å². The molecule has 11 rings (SSSR count). The molecule has 0 atom stereocenters. The molecule has 0 aliphatic heterocycles. The summed E-state index contributed by atoms with van der Waals surface area (Å²) >= 11 is 0. The van der Waals surface area contributed by atoms with Gasteiger partial charge in [-0.15, -0.1) is 0 Å². The van der Waals surface area contributed by atoms with Crippen LogP contribution < -0.4 is 0 Å². The molecule has 2 heterocycles. The van der Waals surface area contributed by atoms with E-state index in [0.29, 0.717) is 0 Å². The van der Waals surface area contributed by atoms with Gasteiger partial charge in [0.15, 0.2) is 0 Å². The molecule has 0 saturated carbocycles. The summed E-state index contributed by atoms with van der Waals surface area (Å²) in [5.41, 5.74) is 10.2. The average molecular weight is 767 g/mol. The van der Waals surface area contributed by atoms with E-state index in [2.05, 4.69) is 126 Å². The lowest BCUT2D eigenvalue weighted by Crippen LogP contribution is -2.03. The third-order valence-corrected chi connectivity index (χ3v) is 11.6. The van der Waals surface area contributed by atoms with Gasteiger partial charge in [0.1, 0.15) is 0 Å². The van der Waals surface area contributed by atoms with Crippen LogP contribution in [0.5, 0.6) is 0 Å². The molecule has 0 saturated heterocycles. The molecule has 2 nitrogen and oxygen atoms in total. The predicted molar refractivity (Wildman–Crippen MR) is 238 cm³/mol. The topological polar surface area (TPSA) is 17.8 Å². The number of alkyl halides is 3. The van der Waals surface area contributed by atoms with Crippen LogP contribution in [-0.4, -0.2) is 9.55 Å². The number of hydrogen-bond acceptors (Lipinski definition) is 1. The summed E-state index contributed by atoms with van der Waals surface area (Å²) in [5, 5.41) is 8.83. The number of pyridine rings is 1. The van der Waals surface area contributed by atoms with E-state index in [-0.39, 0.29) is 0 Å². The summed E-state index contributed by atoms with van der Waals surface area (Å²) in [7, 11) is 0. The van der Waals surface area contributed by atoms with Crippen molar-refractivity contribution in [2.75, 3.05) is 0 Å². The molecule has 2 aromatic heterocycles. The van der Waals surface area contributed by atoms with Crippen molar-refractivity contribution < 1.29 is 13.2 Å². The number of fused-ring (bicyclic) bond motifs is 9. The lowest BCUT2D eigenvalue weighted by Gasteiger charge is -2.15. The highest BCUT2D eigenvalue weighted by Gasteiger charge is 2.30. The Bertz CT molecular complexity index is 3330. The third kappa shape index (κ3) is 5.93. The summed E-state index contributed by atoms with van der Waals surface area (Å²) in [4.78, 5) is 5.20. The molecule has 280 valence electrons. The van der Waals surface area contributed by atoms with Gasteiger partial charge in [-0.05, 0) is 109 Å². The van der Waals surface area contributed by atoms with Crippen LogP contribution in [0.25, 0.3) is 105 Å². The lowest BCUT2D eigenvalue weighted by atomic mass is 9.91. The fourth-order valence-corrected chi connectivity index (χ4v) is 8.74. The van der Waals surface area contributed by atoms with E-state index in [1.807, 2.05) is 54.6 Å². The number of hydrogen-bond donors (Lipinski definition) is 0. The van der Waals surface area contributed by atoms with Crippen molar-refractivity contribution in [2.45, 2.75) is 6.18 Å². The minimum atomic E-state index is -4.39. The Morgan fingerprint density at radius 1 is 0.322 bits per heavy atom. The monoisotopic (exact) mass is 766 g/mol. The fourth-order valence-electron chi connectivity index (χ4n) is 8.74. The van der Waals surface area contributed by atoms with Gasteiger partial charge in [-0.1, -0.05) is 146 Å². The Morgan fingerprint density at radius 2 is 0.763 bits per heavy atom. The summed E-state index contributed by atoms with van der Waals surface area (Å²) in [6.45, 7) is 0. The first kappa shape index (κ1) is 34.7. The van der Waals surface area contributed by atoms with Gasteiger partial charge in [-0.25, -0.2) is 4.98 Å². The van der Waals surface area contributed by atoms with Crippen molar-refractivity contribution in [1.82, 2.24) is 9.55 Å². The van der Waals surface area contributed by atoms with Gasteiger partial charge in [0.2, 0.25) is 0 Å². The largest absolute Gasteiger partial charge is 0.416 e. The van der Waals surface area contributed by atoms with Crippen molar-refractivity contribution in [3.8, 4) is 50.5 Å². The van der Waals surface area contributed by atoms with Crippen molar-refractivity contribution in [2.24, 2.45) is 0 Å². The molecular weight excluding hydrogens is 734 g/mol. The van der Waals surface area contributed by atoms with Gasteiger partial charge in [0.25, 0.3) is 0 Å². The summed E-state index contributed by atoms with van der Waals surface area (Å²) in [6, 6.07) is 67.0. The zero-order valence-corrected chi connectivity index (χ0v) is 31.6. The van der Waals surface area contributed by atoms with Crippen LogP contribution in [-0.2, 0) is 6.18 Å². The quantitative estimate of drug-likeness (QED) is 0.160. The van der Waals surface area contributed by atoms with Gasteiger partial charge < -0.3 is 4.57 Å². The molecule has 0 unspecified atom stereocenters. The minimum absolute atomic E-state index is 0.658. The Balaban J connectivity index is 1.22. The van der Waals surface area contributed by atoms with Crippen LogP contribution in [0, 0.1) is 0 Å². The van der Waals surface area contributed by atoms with E-state index >= 15 is 0 Å². The van der Waals surface area contributed by atoms with E-state index in [1.54, 1.807) is 12.1 Å². The van der Waals surface area contributed by atoms with Crippen molar-refractivity contribution in [3.63, 3.8) is 0 Å². The number of rotatable bonds is 5. The number of halogens is 3. The van der Waals surface area contributed by atoms with Gasteiger partial charge in [-0.3, -0.25) is 0 Å². The molecule has 0 aliphatic rings. The molecule has 5 heteroatoms. The Morgan fingerprint density at radius 3 is 1.36 bits per heavy atom. The van der Waals surface area contributed by atoms with Gasteiger partial charge in [0, 0.05) is 21.9 Å². The highest BCUT2D eigenvalue weighted by atomic mass is 19.4. The van der Waals surface area contributed by atoms with Gasteiger partial charge in [0.05, 0.1) is 33.7 Å². The van der Waals surface area contributed by atoms with Crippen LogP contribution in [0.1, 0.15) is 5.56 Å². The van der Waals surface area contributed by atoms with Crippen molar-refractivity contribution in [1.29, 1.82) is 0 Å². The fraction of sp³-hybridized carbons (Fsp3) is 0.0185. The summed E-state index contributed by atoms with van der Waals surface area (Å²) in [5.74, 6) is 0. The van der Waals surface area contributed by atoms with Crippen LogP contribution in [0.2, 0.25) is 0 Å². The number of benzene rings is 9. The molecule has 0 spiro atoms. The Hall–Kier alpha value is -7.50. The highest BCUT2D eigenvalue weighted by molar-refractivity contribution is 6.29. The summed E-state index contributed by atoms with van der Waals surface area (Å²) < 4.78 is 42.7. The number of aromatic nitrogens is 2. The van der Waals surface area contributed by atoms with E-state index in [4.69, 9.17) is 4.98 Å². The smallest absolute Gasteiger partial charge is 0.309 e. The predicted octanol–water partition coefficient (Wildman–Crippen LogP) is 15.3. The molecule has 0 N–H and O–H groups in total. The van der Waals surface area contributed by atoms with E-state index in [1.165, 1.54) is 0 Å². The van der Waals surface area contributed by atoms with Crippen molar-refractivity contribution >= 4 is 54.1 Å². The lowest BCUT2D eigenvalue weighted by molar-refractivity contribution is -0.137. The molecule has 0 aliphatic carbocycles. The maximum Gasteiger partial charge on any atom is 0.416 e. The SMILES string of the molecule is FC(F)(F)c1ccc(-c2ccc3c(c2)c2ccccc2c2cc4c5cc(-c6ccccc6)ccc5n(-c5cc(-c6ccccc6)nc(-c6ccccc6)c5)c4cc32)cc1. The average Bonchev–Trinajstić information content (AvgIpc) is 3.61. The Labute approximate surface area is 338 Å². The standard InChI is InChI=1S/C54H33F3N2/c55-54(56,57)40-24-20-35(21-25-40)38-22-26-44-45(28-38)42-18-10-11-19-43(42)46-32-49-48-29-39(34-12-4-1-5-13-34)23-27-52(48)59(53(49)33-47(44)46)41-30-50(36-14-6-2-7-15-36)58-51(31-41)37-16-8-3-9-17-37/h1-33H. The van der Waals surface area contributed by atoms with Crippen LogP contribution >= 0.6 is 0 Å². The second-order valence-electron chi connectivity index (χ2n) is 15.1. The van der Waals surface area contributed by atoms with E-state index in [0.717, 1.165) is 117 Å². The first-order chi connectivity index (χ1) is 28.9. The molecule has 59 heavy (non-hydrogen) atoms. The second-order valence-corrected chi connectivity index (χ2v) is 15.1. The first-order valence-electron chi connectivity index (χ1n) is 19.6. The summed E-state index contributed by atoms with van der Waals surface area (Å²) in [6.07, 6.45) is -4.39. The highest BCUT2D eigenvalue weighted by Crippen LogP contribution is 2.43. The molecule has 0 fully saturated rings.